The quantitative estimate of drug-likeness (QED) is 0.807. The zero-order chi connectivity index (χ0) is 13.7. The number of anilines is 1. The van der Waals surface area contributed by atoms with Crippen LogP contribution in [0.5, 0.6) is 0 Å². The SMILES string of the molecule is COCC(NCC(=O)Nc1ccc(Cl)cc1)C1CC1. The molecule has 0 bridgehead atoms. The zero-order valence-electron chi connectivity index (χ0n) is 11.0. The highest BCUT2D eigenvalue weighted by Crippen LogP contribution is 2.32. The van der Waals surface area contributed by atoms with Crippen LogP contribution in [0.4, 0.5) is 5.69 Å². The molecule has 1 aliphatic carbocycles. The van der Waals surface area contributed by atoms with Gasteiger partial charge in [0, 0.05) is 23.9 Å². The van der Waals surface area contributed by atoms with Crippen LogP contribution in [-0.4, -0.2) is 32.2 Å². The maximum atomic E-state index is 11.8. The average molecular weight is 283 g/mol. The number of nitrogens with one attached hydrogen (secondary N) is 2. The maximum Gasteiger partial charge on any atom is 0.238 e. The summed E-state index contributed by atoms with van der Waals surface area (Å²) in [7, 11) is 1.69. The third-order valence-corrected chi connectivity index (χ3v) is 3.44. The van der Waals surface area contributed by atoms with Crippen LogP contribution < -0.4 is 10.6 Å². The second kappa shape index (κ2) is 6.89. The van der Waals surface area contributed by atoms with Crippen molar-refractivity contribution in [2.45, 2.75) is 18.9 Å². The first-order chi connectivity index (χ1) is 9.19. The highest BCUT2D eigenvalue weighted by atomic mass is 35.5. The van der Waals surface area contributed by atoms with E-state index in [1.165, 1.54) is 12.8 Å². The van der Waals surface area contributed by atoms with Crippen LogP contribution in [0.2, 0.25) is 5.02 Å². The normalized spacial score (nSPS) is 16.1. The Morgan fingerprint density at radius 3 is 2.68 bits per heavy atom. The molecule has 1 aliphatic rings. The summed E-state index contributed by atoms with van der Waals surface area (Å²) in [6, 6.07) is 7.35. The molecule has 0 heterocycles. The molecule has 0 saturated heterocycles. The summed E-state index contributed by atoms with van der Waals surface area (Å²) < 4.78 is 5.16. The van der Waals surface area contributed by atoms with Gasteiger partial charge in [-0.15, -0.1) is 0 Å². The first-order valence-electron chi connectivity index (χ1n) is 6.47. The summed E-state index contributed by atoms with van der Waals surface area (Å²) in [5, 5.41) is 6.73. The predicted octanol–water partition coefficient (Wildman–Crippen LogP) is 2.29. The molecule has 2 N–H and O–H groups in total. The van der Waals surface area contributed by atoms with Gasteiger partial charge in [-0.25, -0.2) is 0 Å². The lowest BCUT2D eigenvalue weighted by Crippen LogP contribution is -2.40. The molecule has 19 heavy (non-hydrogen) atoms. The van der Waals surface area contributed by atoms with Crippen molar-refractivity contribution < 1.29 is 9.53 Å². The number of benzene rings is 1. The van der Waals surface area contributed by atoms with Crippen LogP contribution in [0.1, 0.15) is 12.8 Å². The Kier molecular flexibility index (Phi) is 5.19. The van der Waals surface area contributed by atoms with Gasteiger partial charge in [0.05, 0.1) is 13.2 Å². The molecule has 4 nitrogen and oxygen atoms in total. The topological polar surface area (TPSA) is 50.4 Å². The van der Waals surface area contributed by atoms with Gasteiger partial charge in [0.15, 0.2) is 0 Å². The van der Waals surface area contributed by atoms with E-state index < -0.39 is 0 Å². The van der Waals surface area contributed by atoms with Crippen molar-refractivity contribution in [3.63, 3.8) is 0 Å². The van der Waals surface area contributed by atoms with Crippen molar-refractivity contribution in [1.29, 1.82) is 0 Å². The summed E-state index contributed by atoms with van der Waals surface area (Å²) in [5.41, 5.74) is 0.755. The Bertz CT molecular complexity index is 418. The summed E-state index contributed by atoms with van der Waals surface area (Å²) in [6.45, 7) is 0.950. The number of ether oxygens (including phenoxy) is 1. The molecule has 0 aromatic heterocycles. The lowest BCUT2D eigenvalue weighted by Gasteiger charge is -2.16. The number of hydrogen-bond acceptors (Lipinski definition) is 3. The molecule has 2 rings (SSSR count). The van der Waals surface area contributed by atoms with Gasteiger partial charge in [0.1, 0.15) is 0 Å². The average Bonchev–Trinajstić information content (AvgIpc) is 3.21. The molecule has 1 aromatic rings. The third-order valence-electron chi connectivity index (χ3n) is 3.19. The van der Waals surface area contributed by atoms with E-state index in [2.05, 4.69) is 10.6 Å². The van der Waals surface area contributed by atoms with Gasteiger partial charge < -0.3 is 15.4 Å². The number of amides is 1. The van der Waals surface area contributed by atoms with E-state index in [1.54, 1.807) is 31.4 Å². The van der Waals surface area contributed by atoms with E-state index in [9.17, 15) is 4.79 Å². The lowest BCUT2D eigenvalue weighted by atomic mass is 10.2. The number of carbonyl (C=O) groups excluding carboxylic acids is 1. The van der Waals surface area contributed by atoms with Crippen LogP contribution >= 0.6 is 11.6 Å². The van der Waals surface area contributed by atoms with Gasteiger partial charge in [-0.1, -0.05) is 11.6 Å². The van der Waals surface area contributed by atoms with Gasteiger partial charge >= 0.3 is 0 Å². The second-order valence-electron chi connectivity index (χ2n) is 4.84. The van der Waals surface area contributed by atoms with Crippen molar-refractivity contribution in [2.24, 2.45) is 5.92 Å². The molecular weight excluding hydrogens is 264 g/mol. The monoisotopic (exact) mass is 282 g/mol. The first kappa shape index (κ1) is 14.3. The Hall–Kier alpha value is -1.10. The number of rotatable bonds is 7. The van der Waals surface area contributed by atoms with Crippen LogP contribution in [0.15, 0.2) is 24.3 Å². The van der Waals surface area contributed by atoms with E-state index in [4.69, 9.17) is 16.3 Å². The molecule has 0 spiro atoms. The second-order valence-corrected chi connectivity index (χ2v) is 5.27. The molecule has 0 aliphatic heterocycles. The molecule has 1 unspecified atom stereocenters. The van der Waals surface area contributed by atoms with Gasteiger partial charge in [0.2, 0.25) is 5.91 Å². The molecule has 0 radical (unpaired) electrons. The Morgan fingerprint density at radius 1 is 1.42 bits per heavy atom. The van der Waals surface area contributed by atoms with Gasteiger partial charge in [-0.05, 0) is 43.0 Å². The van der Waals surface area contributed by atoms with Crippen LogP contribution in [-0.2, 0) is 9.53 Å². The van der Waals surface area contributed by atoms with Crippen molar-refractivity contribution in [3.8, 4) is 0 Å². The van der Waals surface area contributed by atoms with E-state index in [1.807, 2.05) is 0 Å². The van der Waals surface area contributed by atoms with E-state index in [0.29, 0.717) is 24.1 Å². The Labute approximate surface area is 118 Å². The largest absolute Gasteiger partial charge is 0.383 e. The molecular formula is C14H19ClN2O2. The molecule has 5 heteroatoms. The molecule has 104 valence electrons. The summed E-state index contributed by atoms with van der Waals surface area (Å²) in [6.07, 6.45) is 2.44. The first-order valence-corrected chi connectivity index (χ1v) is 6.84. The third kappa shape index (κ3) is 4.82. The van der Waals surface area contributed by atoms with Gasteiger partial charge in [0.25, 0.3) is 0 Å². The Balaban J connectivity index is 1.75. The van der Waals surface area contributed by atoms with E-state index in [-0.39, 0.29) is 11.9 Å². The van der Waals surface area contributed by atoms with Crippen LogP contribution in [0.25, 0.3) is 0 Å². The fraction of sp³-hybridized carbons (Fsp3) is 0.500. The molecule has 1 atom stereocenters. The molecule has 1 fully saturated rings. The lowest BCUT2D eigenvalue weighted by molar-refractivity contribution is -0.115. The number of hydrogen-bond donors (Lipinski definition) is 2. The number of methoxy groups -OCH3 is 1. The number of carbonyl (C=O) groups is 1. The highest BCUT2D eigenvalue weighted by Gasteiger charge is 2.31. The van der Waals surface area contributed by atoms with Crippen LogP contribution in [0.3, 0.4) is 0 Å². The highest BCUT2D eigenvalue weighted by molar-refractivity contribution is 6.30. The van der Waals surface area contributed by atoms with Crippen molar-refractivity contribution in [2.75, 3.05) is 25.6 Å². The van der Waals surface area contributed by atoms with Gasteiger partial charge in [-0.2, -0.15) is 0 Å². The molecule has 1 saturated carbocycles. The fourth-order valence-electron chi connectivity index (χ4n) is 2.00. The zero-order valence-corrected chi connectivity index (χ0v) is 11.7. The summed E-state index contributed by atoms with van der Waals surface area (Å²) in [5.74, 6) is 0.604. The van der Waals surface area contributed by atoms with E-state index in [0.717, 1.165) is 5.69 Å². The summed E-state index contributed by atoms with van der Waals surface area (Å²) >= 11 is 5.79. The molecule has 1 amide bonds. The Morgan fingerprint density at radius 2 is 2.11 bits per heavy atom. The van der Waals surface area contributed by atoms with Crippen molar-refractivity contribution in [1.82, 2.24) is 5.32 Å². The van der Waals surface area contributed by atoms with Gasteiger partial charge in [-0.3, -0.25) is 4.79 Å². The van der Waals surface area contributed by atoms with Crippen molar-refractivity contribution >= 4 is 23.2 Å². The van der Waals surface area contributed by atoms with Crippen LogP contribution in [0, 0.1) is 5.92 Å². The van der Waals surface area contributed by atoms with E-state index >= 15 is 0 Å². The van der Waals surface area contributed by atoms with Crippen molar-refractivity contribution in [3.05, 3.63) is 29.3 Å². The number of halogens is 1. The predicted molar refractivity (Wildman–Crippen MR) is 76.5 cm³/mol. The maximum absolute atomic E-state index is 11.8. The minimum atomic E-state index is -0.0518. The minimum Gasteiger partial charge on any atom is -0.383 e. The molecule has 1 aromatic carbocycles. The standard InChI is InChI=1S/C14H19ClN2O2/c1-19-9-13(10-2-3-10)16-8-14(18)17-12-6-4-11(15)5-7-12/h4-7,10,13,16H,2-3,8-9H2,1H3,(H,17,18). The summed E-state index contributed by atoms with van der Waals surface area (Å²) in [4.78, 5) is 11.8. The fourth-order valence-corrected chi connectivity index (χ4v) is 2.13. The minimum absolute atomic E-state index is 0.0518. The smallest absolute Gasteiger partial charge is 0.238 e.